The van der Waals surface area contributed by atoms with Gasteiger partial charge in [-0.1, -0.05) is 26.7 Å². The molecule has 1 aromatic heterocycles. The molecule has 1 heterocycles. The summed E-state index contributed by atoms with van der Waals surface area (Å²) < 4.78 is 1.13. The van der Waals surface area contributed by atoms with E-state index in [0.717, 1.165) is 28.4 Å². The van der Waals surface area contributed by atoms with Crippen LogP contribution in [0.2, 0.25) is 0 Å². The minimum atomic E-state index is 0.755. The number of hydrogen-bond donors (Lipinski definition) is 0. The van der Waals surface area contributed by atoms with Gasteiger partial charge in [-0.2, -0.15) is 0 Å². The molecule has 0 spiro atoms. The topological polar surface area (TPSA) is 29.0 Å². The Morgan fingerprint density at radius 2 is 2.00 bits per heavy atom. The van der Waals surface area contributed by atoms with E-state index in [1.165, 1.54) is 12.8 Å². The number of anilines is 1. The Hall–Kier alpha value is -0.390. The smallest absolute Gasteiger partial charge is 0.145 e. The summed E-state index contributed by atoms with van der Waals surface area (Å²) in [7, 11) is 0. The molecule has 0 aliphatic heterocycles. The normalized spacial score (nSPS) is 10.8. The van der Waals surface area contributed by atoms with Crippen molar-refractivity contribution in [2.75, 3.05) is 18.0 Å². The van der Waals surface area contributed by atoms with Gasteiger partial charge < -0.3 is 4.90 Å². The van der Waals surface area contributed by atoms with E-state index in [0.29, 0.717) is 0 Å². The molecule has 0 unspecified atom stereocenters. The Morgan fingerprint density at radius 3 is 2.50 bits per heavy atom. The van der Waals surface area contributed by atoms with E-state index in [1.807, 2.05) is 6.20 Å². The van der Waals surface area contributed by atoms with Crippen LogP contribution in [0.5, 0.6) is 0 Å². The lowest BCUT2D eigenvalue weighted by atomic mass is 10.0. The van der Waals surface area contributed by atoms with Gasteiger partial charge in [0.1, 0.15) is 12.1 Å². The lowest BCUT2D eigenvalue weighted by Crippen LogP contribution is -2.30. The van der Waals surface area contributed by atoms with E-state index >= 15 is 0 Å². The predicted octanol–water partition coefficient (Wildman–Crippen LogP) is 3.34. The first-order valence-electron chi connectivity index (χ1n) is 5.93. The minimum absolute atomic E-state index is 0.755. The molecule has 0 bridgehead atoms. The first-order chi connectivity index (χ1) is 7.72. The third-order valence-electron chi connectivity index (χ3n) is 2.96. The molecule has 0 fully saturated rings. The summed E-state index contributed by atoms with van der Waals surface area (Å²) in [5, 5.41) is 0. The van der Waals surface area contributed by atoms with Crippen LogP contribution in [0.25, 0.3) is 0 Å². The summed E-state index contributed by atoms with van der Waals surface area (Å²) in [5.74, 6) is 1.83. The molecule has 0 radical (unpaired) electrons. The largest absolute Gasteiger partial charge is 0.356 e. The van der Waals surface area contributed by atoms with Gasteiger partial charge in [-0.25, -0.2) is 9.97 Å². The second kappa shape index (κ2) is 7.04. The monoisotopic (exact) mass is 333 g/mol. The molecule has 3 nitrogen and oxygen atoms in total. The molecule has 0 saturated carbocycles. The highest BCUT2D eigenvalue weighted by Crippen LogP contribution is 2.20. The zero-order valence-corrected chi connectivity index (χ0v) is 12.4. The highest BCUT2D eigenvalue weighted by atomic mass is 127. The van der Waals surface area contributed by atoms with Crippen LogP contribution < -0.4 is 4.90 Å². The number of halogens is 1. The van der Waals surface area contributed by atoms with Crippen molar-refractivity contribution in [1.29, 1.82) is 0 Å². The van der Waals surface area contributed by atoms with Gasteiger partial charge in [0, 0.05) is 19.3 Å². The molecule has 0 aromatic carbocycles. The Balaban J connectivity index is 2.78. The number of aromatic nitrogens is 2. The summed E-state index contributed by atoms with van der Waals surface area (Å²) in [6.07, 6.45) is 5.97. The van der Waals surface area contributed by atoms with Crippen LogP contribution in [0.4, 0.5) is 5.82 Å². The maximum absolute atomic E-state index is 4.38. The highest BCUT2D eigenvalue weighted by molar-refractivity contribution is 14.1. The van der Waals surface area contributed by atoms with Crippen LogP contribution in [0.1, 0.15) is 33.6 Å². The van der Waals surface area contributed by atoms with Gasteiger partial charge in [-0.15, -0.1) is 0 Å². The van der Waals surface area contributed by atoms with Gasteiger partial charge in [0.25, 0.3) is 0 Å². The summed E-state index contributed by atoms with van der Waals surface area (Å²) >= 11 is 2.30. The number of hydrogen-bond acceptors (Lipinski definition) is 3. The first-order valence-corrected chi connectivity index (χ1v) is 7.01. The number of rotatable bonds is 6. The van der Waals surface area contributed by atoms with E-state index in [2.05, 4.69) is 58.2 Å². The maximum atomic E-state index is 4.38. The molecule has 90 valence electrons. The summed E-state index contributed by atoms with van der Waals surface area (Å²) in [6.45, 7) is 8.79. The molecular formula is C12H20IN3. The lowest BCUT2D eigenvalue weighted by molar-refractivity contribution is 0.484. The van der Waals surface area contributed by atoms with Crippen LogP contribution in [0, 0.1) is 9.49 Å². The van der Waals surface area contributed by atoms with Crippen molar-refractivity contribution >= 4 is 28.4 Å². The average molecular weight is 333 g/mol. The van der Waals surface area contributed by atoms with Gasteiger partial charge in [-0.05, 0) is 35.4 Å². The third-order valence-corrected chi connectivity index (χ3v) is 3.72. The second-order valence-corrected chi connectivity index (χ2v) is 5.08. The van der Waals surface area contributed by atoms with Gasteiger partial charge in [-0.3, -0.25) is 0 Å². The molecule has 1 rings (SSSR count). The van der Waals surface area contributed by atoms with Gasteiger partial charge in [0.2, 0.25) is 0 Å². The Morgan fingerprint density at radius 1 is 1.31 bits per heavy atom. The van der Waals surface area contributed by atoms with Crippen LogP contribution in [0.15, 0.2) is 12.5 Å². The van der Waals surface area contributed by atoms with E-state index < -0.39 is 0 Å². The van der Waals surface area contributed by atoms with Gasteiger partial charge in [0.05, 0.1) is 3.57 Å². The molecule has 1 aromatic rings. The molecule has 0 N–H and O–H groups in total. The second-order valence-electron chi connectivity index (χ2n) is 3.92. The highest BCUT2D eigenvalue weighted by Gasteiger charge is 2.13. The van der Waals surface area contributed by atoms with Crippen molar-refractivity contribution in [3.05, 3.63) is 16.1 Å². The van der Waals surface area contributed by atoms with Crippen LogP contribution >= 0.6 is 22.6 Å². The zero-order chi connectivity index (χ0) is 12.0. The van der Waals surface area contributed by atoms with Gasteiger partial charge >= 0.3 is 0 Å². The lowest BCUT2D eigenvalue weighted by Gasteiger charge is -2.26. The Kier molecular flexibility index (Phi) is 6.01. The van der Waals surface area contributed by atoms with E-state index in [4.69, 9.17) is 0 Å². The molecular weight excluding hydrogens is 313 g/mol. The van der Waals surface area contributed by atoms with E-state index in [1.54, 1.807) is 6.33 Å². The Labute approximate surface area is 112 Å². The fourth-order valence-electron chi connectivity index (χ4n) is 1.76. The SMILES string of the molecule is CCC(CC)CN(CC)c1ncncc1I. The molecule has 0 amide bonds. The fourth-order valence-corrected chi connectivity index (χ4v) is 2.40. The molecule has 16 heavy (non-hydrogen) atoms. The maximum Gasteiger partial charge on any atom is 0.145 e. The minimum Gasteiger partial charge on any atom is -0.356 e. The van der Waals surface area contributed by atoms with Crippen molar-refractivity contribution in [1.82, 2.24) is 9.97 Å². The third kappa shape index (κ3) is 3.57. The van der Waals surface area contributed by atoms with Crippen molar-refractivity contribution in [3.8, 4) is 0 Å². The van der Waals surface area contributed by atoms with Crippen molar-refractivity contribution in [2.24, 2.45) is 5.92 Å². The summed E-state index contributed by atoms with van der Waals surface area (Å²) in [5.41, 5.74) is 0. The Bertz CT molecular complexity index is 313. The first kappa shape index (κ1) is 13.7. The van der Waals surface area contributed by atoms with Crippen molar-refractivity contribution in [3.63, 3.8) is 0 Å². The molecule has 0 saturated heterocycles. The van der Waals surface area contributed by atoms with Crippen LogP contribution in [-0.4, -0.2) is 23.1 Å². The summed E-state index contributed by atoms with van der Waals surface area (Å²) in [6, 6.07) is 0. The fraction of sp³-hybridized carbons (Fsp3) is 0.667. The van der Waals surface area contributed by atoms with Crippen molar-refractivity contribution in [2.45, 2.75) is 33.6 Å². The standard InChI is InChI=1S/C12H20IN3/c1-4-10(5-2)8-16(6-3)12-11(13)7-14-9-15-12/h7,9-10H,4-6,8H2,1-3H3. The number of nitrogens with zero attached hydrogens (tertiary/aromatic N) is 3. The predicted molar refractivity (Wildman–Crippen MR) is 76.7 cm³/mol. The van der Waals surface area contributed by atoms with Crippen LogP contribution in [0.3, 0.4) is 0 Å². The molecule has 4 heteroatoms. The molecule has 0 aliphatic carbocycles. The molecule has 0 atom stereocenters. The van der Waals surface area contributed by atoms with Crippen LogP contribution in [-0.2, 0) is 0 Å². The summed E-state index contributed by atoms with van der Waals surface area (Å²) in [4.78, 5) is 10.8. The quantitative estimate of drug-likeness (QED) is 0.748. The molecule has 0 aliphatic rings. The average Bonchev–Trinajstić information content (AvgIpc) is 2.32. The zero-order valence-electron chi connectivity index (χ0n) is 10.3. The van der Waals surface area contributed by atoms with E-state index in [9.17, 15) is 0 Å². The van der Waals surface area contributed by atoms with E-state index in [-0.39, 0.29) is 0 Å². The van der Waals surface area contributed by atoms with Gasteiger partial charge in [0.15, 0.2) is 0 Å². The van der Waals surface area contributed by atoms with Crippen molar-refractivity contribution < 1.29 is 0 Å².